The molecule has 0 heterocycles. The van der Waals surface area contributed by atoms with Crippen LogP contribution in [-0.4, -0.2) is 34.3 Å². The molecular weight excluding hydrogens is 242 g/mol. The van der Waals surface area contributed by atoms with E-state index in [0.717, 1.165) is 12.4 Å². The Kier molecular flexibility index (Phi) is 6.71. The average Bonchev–Trinajstić information content (AvgIpc) is 2.80. The van der Waals surface area contributed by atoms with Crippen LogP contribution in [0.1, 0.15) is 25.7 Å². The molecule has 4 nitrogen and oxygen atoms in total. The van der Waals surface area contributed by atoms with Gasteiger partial charge >= 0.3 is 0 Å². The van der Waals surface area contributed by atoms with Gasteiger partial charge in [0.1, 0.15) is 12.6 Å². The van der Waals surface area contributed by atoms with E-state index >= 15 is 0 Å². The van der Waals surface area contributed by atoms with Gasteiger partial charge in [-0.2, -0.15) is 5.10 Å². The number of hydrogen-bond acceptors (Lipinski definition) is 3. The molecule has 0 aromatic heterocycles. The number of hydrogen-bond donors (Lipinski definition) is 2. The lowest BCUT2D eigenvalue weighted by molar-refractivity contribution is 0.129. The molecule has 0 aliphatic heterocycles. The first-order valence-electron chi connectivity index (χ1n) is 7.09. The molecule has 0 radical (unpaired) electrons. The van der Waals surface area contributed by atoms with Crippen LogP contribution in [-0.2, 0) is 4.74 Å². The standard InChI is InChI=1S/C13H29N3OSi/c1-14-13(12-7-5-6-8-12)16-15-11-17-9-10-18(2,3)4/h12,15H,5-11H2,1-4H3,(H,14,16). The molecule has 0 unspecified atom stereocenters. The second-order valence-corrected chi connectivity index (χ2v) is 11.9. The van der Waals surface area contributed by atoms with Crippen LogP contribution >= 0.6 is 0 Å². The first-order chi connectivity index (χ1) is 8.53. The fourth-order valence-electron chi connectivity index (χ4n) is 2.16. The summed E-state index contributed by atoms with van der Waals surface area (Å²) < 4.78 is 5.56. The zero-order valence-corrected chi connectivity index (χ0v) is 13.4. The maximum absolute atomic E-state index is 5.56. The van der Waals surface area contributed by atoms with Gasteiger partial charge in [0.05, 0.1) is 0 Å². The predicted octanol–water partition coefficient (Wildman–Crippen LogP) is 2.61. The van der Waals surface area contributed by atoms with Crippen molar-refractivity contribution in [3.05, 3.63) is 0 Å². The van der Waals surface area contributed by atoms with Crippen molar-refractivity contribution in [2.24, 2.45) is 11.0 Å². The van der Waals surface area contributed by atoms with Crippen molar-refractivity contribution in [1.82, 2.24) is 10.7 Å². The van der Waals surface area contributed by atoms with Crippen LogP contribution in [0, 0.1) is 5.92 Å². The molecule has 0 amide bonds. The molecule has 0 spiro atoms. The quantitative estimate of drug-likeness (QED) is 0.187. The molecule has 1 saturated carbocycles. The smallest absolute Gasteiger partial charge is 0.132 e. The SMILES string of the molecule is CN/C(=N\NCOCC[Si](C)(C)C)C1CCCC1. The number of nitrogens with one attached hydrogen (secondary N) is 2. The fraction of sp³-hybridized carbons (Fsp3) is 0.923. The molecule has 1 aliphatic rings. The van der Waals surface area contributed by atoms with Crippen molar-refractivity contribution < 1.29 is 4.74 Å². The molecule has 1 aliphatic carbocycles. The van der Waals surface area contributed by atoms with Crippen molar-refractivity contribution in [1.29, 1.82) is 0 Å². The maximum Gasteiger partial charge on any atom is 0.132 e. The van der Waals surface area contributed by atoms with E-state index in [9.17, 15) is 0 Å². The lowest BCUT2D eigenvalue weighted by atomic mass is 10.1. The second kappa shape index (κ2) is 7.79. The Morgan fingerprint density at radius 3 is 2.50 bits per heavy atom. The Labute approximate surface area is 113 Å². The summed E-state index contributed by atoms with van der Waals surface area (Å²) in [4.78, 5) is 0. The number of nitrogens with zero attached hydrogens (tertiary/aromatic N) is 1. The zero-order valence-electron chi connectivity index (χ0n) is 12.4. The van der Waals surface area contributed by atoms with Crippen LogP contribution in [0.5, 0.6) is 0 Å². The molecule has 0 bridgehead atoms. The third-order valence-electron chi connectivity index (χ3n) is 3.36. The van der Waals surface area contributed by atoms with E-state index < -0.39 is 8.07 Å². The van der Waals surface area contributed by atoms with Crippen LogP contribution in [0.25, 0.3) is 0 Å². The molecule has 0 atom stereocenters. The van der Waals surface area contributed by atoms with Gasteiger partial charge in [-0.05, 0) is 18.9 Å². The molecule has 18 heavy (non-hydrogen) atoms. The Morgan fingerprint density at radius 1 is 1.28 bits per heavy atom. The summed E-state index contributed by atoms with van der Waals surface area (Å²) in [5.41, 5.74) is 3.02. The summed E-state index contributed by atoms with van der Waals surface area (Å²) in [6.07, 6.45) is 5.19. The van der Waals surface area contributed by atoms with Gasteiger partial charge in [0, 0.05) is 27.6 Å². The monoisotopic (exact) mass is 271 g/mol. The minimum Gasteiger partial charge on any atom is -0.375 e. The summed E-state index contributed by atoms with van der Waals surface area (Å²) >= 11 is 0. The van der Waals surface area contributed by atoms with Crippen LogP contribution in [0.4, 0.5) is 0 Å². The van der Waals surface area contributed by atoms with Gasteiger partial charge < -0.3 is 10.1 Å². The summed E-state index contributed by atoms with van der Waals surface area (Å²) in [6.45, 7) is 8.45. The van der Waals surface area contributed by atoms with Gasteiger partial charge in [-0.15, -0.1) is 0 Å². The third kappa shape index (κ3) is 6.40. The highest BCUT2D eigenvalue weighted by Crippen LogP contribution is 2.24. The van der Waals surface area contributed by atoms with Crippen molar-refractivity contribution in [2.75, 3.05) is 20.4 Å². The van der Waals surface area contributed by atoms with Crippen LogP contribution in [0.3, 0.4) is 0 Å². The Hall–Kier alpha value is -0.553. The molecule has 0 aromatic rings. The Bertz CT molecular complexity index is 257. The normalized spacial score (nSPS) is 18.1. The van der Waals surface area contributed by atoms with Crippen molar-refractivity contribution in [3.8, 4) is 0 Å². The van der Waals surface area contributed by atoms with Gasteiger partial charge in [-0.1, -0.05) is 32.5 Å². The topological polar surface area (TPSA) is 45.7 Å². The highest BCUT2D eigenvalue weighted by atomic mass is 28.3. The molecule has 106 valence electrons. The first-order valence-corrected chi connectivity index (χ1v) is 10.8. The largest absolute Gasteiger partial charge is 0.375 e. The number of rotatable bonds is 7. The minimum atomic E-state index is -0.968. The molecule has 0 aromatic carbocycles. The molecule has 1 rings (SSSR count). The fourth-order valence-corrected chi connectivity index (χ4v) is 2.92. The second-order valence-electron chi connectivity index (χ2n) is 6.25. The summed E-state index contributed by atoms with van der Waals surface area (Å²) in [7, 11) is 0.981. The van der Waals surface area contributed by atoms with Crippen molar-refractivity contribution in [3.63, 3.8) is 0 Å². The predicted molar refractivity (Wildman–Crippen MR) is 80.6 cm³/mol. The van der Waals surface area contributed by atoms with Gasteiger partial charge in [0.15, 0.2) is 0 Å². The first kappa shape index (κ1) is 15.5. The van der Waals surface area contributed by atoms with E-state index in [-0.39, 0.29) is 0 Å². The number of amidine groups is 1. The molecule has 5 heteroatoms. The van der Waals surface area contributed by atoms with Crippen LogP contribution in [0.15, 0.2) is 5.10 Å². The lowest BCUT2D eigenvalue weighted by Gasteiger charge is -2.16. The van der Waals surface area contributed by atoms with E-state index in [4.69, 9.17) is 4.74 Å². The van der Waals surface area contributed by atoms with Crippen molar-refractivity contribution >= 4 is 13.9 Å². The van der Waals surface area contributed by atoms with E-state index in [0.29, 0.717) is 12.6 Å². The Balaban J connectivity index is 2.14. The summed E-state index contributed by atoms with van der Waals surface area (Å²) in [5.74, 6) is 1.70. The van der Waals surface area contributed by atoms with Gasteiger partial charge in [0.2, 0.25) is 0 Å². The summed E-state index contributed by atoms with van der Waals surface area (Å²) in [5, 5.41) is 7.60. The molecular formula is C13H29N3OSi. The lowest BCUT2D eigenvalue weighted by Crippen LogP contribution is -2.29. The van der Waals surface area contributed by atoms with Gasteiger partial charge in [-0.3, -0.25) is 5.43 Å². The van der Waals surface area contributed by atoms with Crippen LogP contribution < -0.4 is 10.7 Å². The summed E-state index contributed by atoms with van der Waals surface area (Å²) in [6, 6.07) is 1.21. The van der Waals surface area contributed by atoms with Gasteiger partial charge in [0.25, 0.3) is 0 Å². The van der Waals surface area contributed by atoms with E-state index in [1.54, 1.807) is 0 Å². The van der Waals surface area contributed by atoms with Gasteiger partial charge in [-0.25, -0.2) is 0 Å². The minimum absolute atomic E-state index is 0.516. The van der Waals surface area contributed by atoms with Crippen LogP contribution in [0.2, 0.25) is 25.7 Å². The highest BCUT2D eigenvalue weighted by molar-refractivity contribution is 6.76. The molecule has 0 saturated heterocycles. The number of hydrazone groups is 1. The molecule has 1 fully saturated rings. The van der Waals surface area contributed by atoms with E-state index in [2.05, 4.69) is 35.5 Å². The maximum atomic E-state index is 5.56. The van der Waals surface area contributed by atoms with Crippen molar-refractivity contribution in [2.45, 2.75) is 51.4 Å². The number of ether oxygens (including phenoxy) is 1. The highest BCUT2D eigenvalue weighted by Gasteiger charge is 2.19. The average molecular weight is 271 g/mol. The molecule has 2 N–H and O–H groups in total. The van der Waals surface area contributed by atoms with E-state index in [1.165, 1.54) is 31.7 Å². The Morgan fingerprint density at radius 2 is 1.94 bits per heavy atom. The van der Waals surface area contributed by atoms with E-state index in [1.807, 2.05) is 7.05 Å². The zero-order chi connectivity index (χ0) is 13.4. The third-order valence-corrected chi connectivity index (χ3v) is 5.06.